The van der Waals surface area contributed by atoms with E-state index in [1.807, 2.05) is 0 Å². The van der Waals surface area contributed by atoms with Crippen LogP contribution in [0.4, 0.5) is 4.39 Å². The molecular formula is C17H14ClFN2O2. The van der Waals surface area contributed by atoms with Gasteiger partial charge in [0.05, 0.1) is 6.21 Å². The SMILES string of the molecule is O=C(NN=Cc1ccc(OCC=CCl)cc1)c1cccc(F)c1. The number of nitrogens with zero attached hydrogens (tertiary/aromatic N) is 1. The van der Waals surface area contributed by atoms with Gasteiger partial charge in [-0.1, -0.05) is 17.7 Å². The molecule has 23 heavy (non-hydrogen) atoms. The first-order valence-electron chi connectivity index (χ1n) is 6.76. The second kappa shape index (κ2) is 8.70. The Morgan fingerprint density at radius 3 is 2.74 bits per heavy atom. The Bertz CT molecular complexity index is 715. The highest BCUT2D eigenvalue weighted by Gasteiger charge is 2.04. The summed E-state index contributed by atoms with van der Waals surface area (Å²) in [6.07, 6.45) is 3.17. The topological polar surface area (TPSA) is 50.7 Å². The first-order chi connectivity index (χ1) is 11.2. The zero-order valence-electron chi connectivity index (χ0n) is 12.1. The van der Waals surface area contributed by atoms with Crippen molar-refractivity contribution in [3.05, 3.63) is 77.1 Å². The molecule has 2 aromatic rings. The van der Waals surface area contributed by atoms with E-state index >= 15 is 0 Å². The van der Waals surface area contributed by atoms with Gasteiger partial charge in [0.1, 0.15) is 18.2 Å². The fourth-order valence-corrected chi connectivity index (χ4v) is 1.76. The van der Waals surface area contributed by atoms with Crippen LogP contribution in [-0.4, -0.2) is 18.7 Å². The van der Waals surface area contributed by atoms with Crippen LogP contribution in [0.25, 0.3) is 0 Å². The van der Waals surface area contributed by atoms with Crippen LogP contribution in [0.2, 0.25) is 0 Å². The summed E-state index contributed by atoms with van der Waals surface area (Å²) < 4.78 is 18.4. The molecule has 2 rings (SSSR count). The van der Waals surface area contributed by atoms with Crippen molar-refractivity contribution in [2.24, 2.45) is 5.10 Å². The Morgan fingerprint density at radius 1 is 1.26 bits per heavy atom. The van der Waals surface area contributed by atoms with E-state index in [-0.39, 0.29) is 5.56 Å². The highest BCUT2D eigenvalue weighted by atomic mass is 35.5. The zero-order chi connectivity index (χ0) is 16.5. The van der Waals surface area contributed by atoms with Crippen LogP contribution in [0, 0.1) is 5.82 Å². The standard InChI is InChI=1S/C17H14ClFN2O2/c18-9-2-10-23-16-7-5-13(6-8-16)12-20-21-17(22)14-3-1-4-15(19)11-14/h1-9,11-12H,10H2,(H,21,22). The minimum absolute atomic E-state index is 0.207. The molecule has 2 aromatic carbocycles. The van der Waals surface area contributed by atoms with Gasteiger partial charge in [-0.15, -0.1) is 0 Å². The third kappa shape index (κ3) is 5.56. The van der Waals surface area contributed by atoms with Gasteiger partial charge in [-0.25, -0.2) is 9.82 Å². The average Bonchev–Trinajstić information content (AvgIpc) is 2.56. The maximum absolute atomic E-state index is 13.0. The number of halogens is 2. The van der Waals surface area contributed by atoms with Crippen molar-refractivity contribution >= 4 is 23.7 Å². The van der Waals surface area contributed by atoms with Crippen molar-refractivity contribution in [1.29, 1.82) is 0 Å². The molecule has 0 saturated carbocycles. The van der Waals surface area contributed by atoms with E-state index in [1.165, 1.54) is 29.9 Å². The summed E-state index contributed by atoms with van der Waals surface area (Å²) >= 11 is 5.40. The second-order valence-corrected chi connectivity index (χ2v) is 4.70. The van der Waals surface area contributed by atoms with Crippen LogP contribution < -0.4 is 10.2 Å². The summed E-state index contributed by atoms with van der Waals surface area (Å²) in [7, 11) is 0. The van der Waals surface area contributed by atoms with Gasteiger partial charge in [-0.3, -0.25) is 4.79 Å². The normalized spacial score (nSPS) is 11.0. The first-order valence-corrected chi connectivity index (χ1v) is 7.20. The molecule has 0 radical (unpaired) electrons. The summed E-state index contributed by atoms with van der Waals surface area (Å²) in [4.78, 5) is 11.8. The van der Waals surface area contributed by atoms with Crippen molar-refractivity contribution < 1.29 is 13.9 Å². The van der Waals surface area contributed by atoms with Crippen LogP contribution in [0.3, 0.4) is 0 Å². The molecule has 0 saturated heterocycles. The predicted molar refractivity (Wildman–Crippen MR) is 88.4 cm³/mol. The minimum Gasteiger partial charge on any atom is -0.490 e. The molecule has 1 amide bonds. The number of hydrazone groups is 1. The lowest BCUT2D eigenvalue weighted by Crippen LogP contribution is -2.17. The summed E-state index contributed by atoms with van der Waals surface area (Å²) in [5, 5.41) is 3.84. The Labute approximate surface area is 138 Å². The molecule has 1 N–H and O–H groups in total. The van der Waals surface area contributed by atoms with Gasteiger partial charge in [0.15, 0.2) is 0 Å². The number of carbonyl (C=O) groups excluding carboxylic acids is 1. The van der Waals surface area contributed by atoms with E-state index in [9.17, 15) is 9.18 Å². The average molecular weight is 333 g/mol. The second-order valence-electron chi connectivity index (χ2n) is 4.45. The van der Waals surface area contributed by atoms with Gasteiger partial charge in [-0.2, -0.15) is 5.10 Å². The number of hydrogen-bond donors (Lipinski definition) is 1. The number of ether oxygens (including phenoxy) is 1. The molecular weight excluding hydrogens is 319 g/mol. The highest BCUT2D eigenvalue weighted by Crippen LogP contribution is 2.11. The molecule has 0 aliphatic carbocycles. The molecule has 0 fully saturated rings. The van der Waals surface area contributed by atoms with Gasteiger partial charge in [-0.05, 0) is 54.1 Å². The maximum atomic E-state index is 13.0. The van der Waals surface area contributed by atoms with Crippen LogP contribution in [0.15, 0.2) is 65.2 Å². The molecule has 0 aliphatic heterocycles. The van der Waals surface area contributed by atoms with Crippen LogP contribution in [-0.2, 0) is 0 Å². The minimum atomic E-state index is -0.478. The Kier molecular flexibility index (Phi) is 6.32. The van der Waals surface area contributed by atoms with Crippen LogP contribution >= 0.6 is 11.6 Å². The number of amides is 1. The summed E-state index contributed by atoms with van der Waals surface area (Å²) in [5.74, 6) is -0.254. The molecule has 6 heteroatoms. The number of benzene rings is 2. The molecule has 0 heterocycles. The van der Waals surface area contributed by atoms with Crippen molar-refractivity contribution in [2.75, 3.05) is 6.61 Å². The fourth-order valence-electron chi connectivity index (χ4n) is 1.69. The Balaban J connectivity index is 1.89. The van der Waals surface area contributed by atoms with Gasteiger partial charge in [0, 0.05) is 11.1 Å². The van der Waals surface area contributed by atoms with Gasteiger partial charge in [0.25, 0.3) is 5.91 Å². The Morgan fingerprint density at radius 2 is 2.04 bits per heavy atom. The van der Waals surface area contributed by atoms with Gasteiger partial charge < -0.3 is 4.74 Å². The fraction of sp³-hybridized carbons (Fsp3) is 0.0588. The van der Waals surface area contributed by atoms with E-state index in [0.717, 1.165) is 11.6 Å². The van der Waals surface area contributed by atoms with E-state index in [1.54, 1.807) is 30.3 Å². The maximum Gasteiger partial charge on any atom is 0.271 e. The van der Waals surface area contributed by atoms with Crippen molar-refractivity contribution in [3.8, 4) is 5.75 Å². The third-order valence-corrected chi connectivity index (χ3v) is 2.96. The predicted octanol–water partition coefficient (Wildman–Crippen LogP) is 3.72. The Hall–Kier alpha value is -2.66. The van der Waals surface area contributed by atoms with E-state index in [0.29, 0.717) is 12.4 Å². The molecule has 0 aromatic heterocycles. The van der Waals surface area contributed by atoms with Crippen LogP contribution in [0.5, 0.6) is 5.75 Å². The molecule has 0 unspecified atom stereocenters. The van der Waals surface area contributed by atoms with E-state index in [2.05, 4.69) is 10.5 Å². The first kappa shape index (κ1) is 16.7. The largest absolute Gasteiger partial charge is 0.490 e. The monoisotopic (exact) mass is 332 g/mol. The van der Waals surface area contributed by atoms with Gasteiger partial charge >= 0.3 is 0 Å². The third-order valence-electron chi connectivity index (χ3n) is 2.78. The summed E-state index contributed by atoms with van der Waals surface area (Å²) in [5.41, 5.74) is 4.72. The highest BCUT2D eigenvalue weighted by molar-refractivity contribution is 6.25. The van der Waals surface area contributed by atoms with Crippen LogP contribution in [0.1, 0.15) is 15.9 Å². The lowest BCUT2D eigenvalue weighted by atomic mass is 10.2. The lowest BCUT2D eigenvalue weighted by Gasteiger charge is -2.03. The van der Waals surface area contributed by atoms with Crippen molar-refractivity contribution in [1.82, 2.24) is 5.43 Å². The molecule has 0 atom stereocenters. The molecule has 4 nitrogen and oxygen atoms in total. The van der Waals surface area contributed by atoms with Crippen molar-refractivity contribution in [2.45, 2.75) is 0 Å². The molecule has 0 spiro atoms. The number of carbonyl (C=O) groups is 1. The smallest absolute Gasteiger partial charge is 0.271 e. The number of nitrogens with one attached hydrogen (secondary N) is 1. The summed E-state index contributed by atoms with van der Waals surface area (Å²) in [6.45, 7) is 0.390. The molecule has 118 valence electrons. The van der Waals surface area contributed by atoms with E-state index in [4.69, 9.17) is 16.3 Å². The van der Waals surface area contributed by atoms with E-state index < -0.39 is 11.7 Å². The van der Waals surface area contributed by atoms with Crippen molar-refractivity contribution in [3.63, 3.8) is 0 Å². The quantitative estimate of drug-likeness (QED) is 0.647. The molecule has 0 bridgehead atoms. The zero-order valence-corrected chi connectivity index (χ0v) is 12.8. The lowest BCUT2D eigenvalue weighted by molar-refractivity contribution is 0.0954. The molecule has 0 aliphatic rings. The summed E-state index contributed by atoms with van der Waals surface area (Å²) in [6, 6.07) is 12.5. The van der Waals surface area contributed by atoms with Gasteiger partial charge in [0.2, 0.25) is 0 Å². The number of rotatable bonds is 6. The number of hydrogen-bond acceptors (Lipinski definition) is 3.